The molecule has 1 aromatic heterocycles. The van der Waals surface area contributed by atoms with Crippen molar-refractivity contribution in [1.29, 1.82) is 0 Å². The van der Waals surface area contributed by atoms with Gasteiger partial charge < -0.3 is 5.11 Å². The van der Waals surface area contributed by atoms with E-state index in [1.807, 2.05) is 24.3 Å². The smallest absolute Gasteiger partial charge is 0.109 e. The Morgan fingerprint density at radius 1 is 0.885 bits per heavy atom. The summed E-state index contributed by atoms with van der Waals surface area (Å²) < 4.78 is 0. The van der Waals surface area contributed by atoms with Gasteiger partial charge in [-0.3, -0.25) is 4.90 Å². The number of pyridine rings is 1. The lowest BCUT2D eigenvalue weighted by Gasteiger charge is -2.43. The average Bonchev–Trinajstić information content (AvgIpc) is 2.92. The Morgan fingerprint density at radius 2 is 1.58 bits per heavy atom. The third-order valence-corrected chi connectivity index (χ3v) is 6.20. The summed E-state index contributed by atoms with van der Waals surface area (Å²) in [7, 11) is 0. The third kappa shape index (κ3) is 2.72. The van der Waals surface area contributed by atoms with E-state index in [4.69, 9.17) is 4.98 Å². The molecule has 2 fully saturated rings. The summed E-state index contributed by atoms with van der Waals surface area (Å²) in [6, 6.07) is 23.8. The zero-order valence-corrected chi connectivity index (χ0v) is 14.9. The number of para-hydroxylation sites is 1. The molecule has 2 bridgehead atoms. The van der Waals surface area contributed by atoms with Gasteiger partial charge >= 0.3 is 0 Å². The molecular weight excluding hydrogens is 320 g/mol. The second kappa shape index (κ2) is 6.19. The predicted molar refractivity (Wildman–Crippen MR) is 104 cm³/mol. The number of hydrogen-bond donors (Lipinski definition) is 1. The molecule has 2 saturated heterocycles. The topological polar surface area (TPSA) is 36.4 Å². The molecule has 0 saturated carbocycles. The standard InChI is InChI=1S/C23H24N2O/c26-23(22-13-10-18-8-4-5-9-21(18)24-22)14-19-11-12-20(15-23)25(19)16-17-6-2-1-3-7-17/h1-10,13,19-20,26H,11-12,14-16H2. The fraction of sp³-hybridized carbons (Fsp3) is 0.348. The Balaban J connectivity index is 1.42. The summed E-state index contributed by atoms with van der Waals surface area (Å²) in [6.45, 7) is 0.984. The minimum absolute atomic E-state index is 0.437. The number of fused-ring (bicyclic) bond motifs is 3. The second-order valence-corrected chi connectivity index (χ2v) is 7.87. The highest BCUT2D eigenvalue weighted by atomic mass is 16.3. The van der Waals surface area contributed by atoms with E-state index in [1.165, 1.54) is 18.4 Å². The number of hydrogen-bond acceptors (Lipinski definition) is 3. The van der Waals surface area contributed by atoms with Crippen LogP contribution in [0.25, 0.3) is 10.9 Å². The van der Waals surface area contributed by atoms with E-state index < -0.39 is 5.60 Å². The fourth-order valence-electron chi connectivity index (χ4n) is 4.90. The van der Waals surface area contributed by atoms with E-state index >= 15 is 0 Å². The zero-order chi connectivity index (χ0) is 17.6. The van der Waals surface area contributed by atoms with E-state index in [1.54, 1.807) is 0 Å². The minimum atomic E-state index is -0.803. The van der Waals surface area contributed by atoms with Gasteiger partial charge in [-0.05, 0) is 43.4 Å². The molecule has 3 aromatic rings. The van der Waals surface area contributed by atoms with Gasteiger partial charge in [0.1, 0.15) is 5.60 Å². The van der Waals surface area contributed by atoms with Crippen LogP contribution in [0.4, 0.5) is 0 Å². The van der Waals surface area contributed by atoms with Crippen LogP contribution < -0.4 is 0 Å². The molecule has 2 atom stereocenters. The van der Waals surface area contributed by atoms with Crippen LogP contribution in [0.15, 0.2) is 66.7 Å². The Morgan fingerprint density at radius 3 is 2.35 bits per heavy atom. The van der Waals surface area contributed by atoms with E-state index in [0.717, 1.165) is 36.0 Å². The monoisotopic (exact) mass is 344 g/mol. The summed E-state index contributed by atoms with van der Waals surface area (Å²) in [6.07, 6.45) is 3.91. The molecule has 26 heavy (non-hydrogen) atoms. The lowest BCUT2D eigenvalue weighted by molar-refractivity contribution is -0.0621. The Hall–Kier alpha value is -2.23. The van der Waals surface area contributed by atoms with Gasteiger partial charge in [-0.15, -0.1) is 0 Å². The SMILES string of the molecule is OC1(c2ccc3ccccc3n2)CC2CCC(C1)N2Cc1ccccc1. The molecule has 3 nitrogen and oxygen atoms in total. The molecule has 132 valence electrons. The lowest BCUT2D eigenvalue weighted by atomic mass is 9.82. The maximum Gasteiger partial charge on any atom is 0.109 e. The van der Waals surface area contributed by atoms with Crippen LogP contribution in [0, 0.1) is 0 Å². The van der Waals surface area contributed by atoms with Gasteiger partial charge in [0.2, 0.25) is 0 Å². The molecule has 3 heterocycles. The van der Waals surface area contributed by atoms with E-state index in [-0.39, 0.29) is 0 Å². The van der Waals surface area contributed by atoms with E-state index in [0.29, 0.717) is 12.1 Å². The largest absolute Gasteiger partial charge is 0.383 e. The highest BCUT2D eigenvalue weighted by molar-refractivity contribution is 5.78. The Kier molecular flexibility index (Phi) is 3.80. The molecule has 0 spiro atoms. The van der Waals surface area contributed by atoms with Crippen LogP contribution in [0.3, 0.4) is 0 Å². The number of rotatable bonds is 3. The van der Waals surface area contributed by atoms with Crippen molar-refractivity contribution in [3.05, 3.63) is 78.0 Å². The first-order valence-electron chi connectivity index (χ1n) is 9.60. The van der Waals surface area contributed by atoms with Crippen LogP contribution in [0.1, 0.15) is 36.9 Å². The summed E-state index contributed by atoms with van der Waals surface area (Å²) in [5.41, 5.74) is 2.37. The summed E-state index contributed by atoms with van der Waals surface area (Å²) >= 11 is 0. The average molecular weight is 344 g/mol. The van der Waals surface area contributed by atoms with Crippen molar-refractivity contribution < 1.29 is 5.11 Å². The van der Waals surface area contributed by atoms with Crippen molar-refractivity contribution >= 4 is 10.9 Å². The first-order chi connectivity index (χ1) is 12.7. The molecular formula is C23H24N2O. The summed E-state index contributed by atoms with van der Waals surface area (Å²) in [5, 5.41) is 12.6. The molecule has 2 unspecified atom stereocenters. The molecule has 0 aliphatic carbocycles. The van der Waals surface area contributed by atoms with Gasteiger partial charge in [-0.1, -0.05) is 54.6 Å². The number of nitrogens with zero attached hydrogens (tertiary/aromatic N) is 2. The molecule has 3 heteroatoms. The van der Waals surface area contributed by atoms with E-state index in [9.17, 15) is 5.11 Å². The number of aliphatic hydroxyl groups is 1. The zero-order valence-electron chi connectivity index (χ0n) is 14.9. The van der Waals surface area contributed by atoms with Crippen LogP contribution in [0.5, 0.6) is 0 Å². The Labute approximate surface area is 154 Å². The predicted octanol–water partition coefficient (Wildman–Crippen LogP) is 4.25. The van der Waals surface area contributed by atoms with Crippen LogP contribution in [-0.2, 0) is 12.1 Å². The molecule has 2 aliphatic rings. The number of aromatic nitrogens is 1. The van der Waals surface area contributed by atoms with Gasteiger partial charge in [-0.25, -0.2) is 4.98 Å². The van der Waals surface area contributed by atoms with E-state index in [2.05, 4.69) is 47.4 Å². The molecule has 5 rings (SSSR count). The molecule has 2 aliphatic heterocycles. The second-order valence-electron chi connectivity index (χ2n) is 7.87. The van der Waals surface area contributed by atoms with Gasteiger partial charge in [0.15, 0.2) is 0 Å². The van der Waals surface area contributed by atoms with Crippen molar-refractivity contribution in [2.24, 2.45) is 0 Å². The van der Waals surface area contributed by atoms with Crippen molar-refractivity contribution in [2.75, 3.05) is 0 Å². The van der Waals surface area contributed by atoms with Gasteiger partial charge in [-0.2, -0.15) is 0 Å². The normalized spacial score (nSPS) is 28.5. The summed E-state index contributed by atoms with van der Waals surface area (Å²) in [5.74, 6) is 0. The van der Waals surface area contributed by atoms with Crippen molar-refractivity contribution in [3.8, 4) is 0 Å². The van der Waals surface area contributed by atoms with Crippen LogP contribution >= 0.6 is 0 Å². The minimum Gasteiger partial charge on any atom is -0.383 e. The van der Waals surface area contributed by atoms with Gasteiger partial charge in [0.05, 0.1) is 11.2 Å². The third-order valence-electron chi connectivity index (χ3n) is 6.20. The van der Waals surface area contributed by atoms with Crippen molar-refractivity contribution in [2.45, 2.75) is 49.9 Å². The van der Waals surface area contributed by atoms with Gasteiger partial charge in [0.25, 0.3) is 0 Å². The van der Waals surface area contributed by atoms with Crippen LogP contribution in [0.2, 0.25) is 0 Å². The maximum absolute atomic E-state index is 11.5. The van der Waals surface area contributed by atoms with Crippen molar-refractivity contribution in [3.63, 3.8) is 0 Å². The van der Waals surface area contributed by atoms with Crippen molar-refractivity contribution in [1.82, 2.24) is 9.88 Å². The Bertz CT molecular complexity index is 910. The van der Waals surface area contributed by atoms with Gasteiger partial charge in [0, 0.05) is 24.0 Å². The molecule has 0 amide bonds. The van der Waals surface area contributed by atoms with Crippen LogP contribution in [-0.4, -0.2) is 27.1 Å². The lowest BCUT2D eigenvalue weighted by Crippen LogP contribution is -2.49. The first-order valence-corrected chi connectivity index (χ1v) is 9.60. The fourth-order valence-corrected chi connectivity index (χ4v) is 4.90. The highest BCUT2D eigenvalue weighted by Crippen LogP contribution is 2.46. The number of benzene rings is 2. The number of piperidine rings is 1. The quantitative estimate of drug-likeness (QED) is 0.772. The summed E-state index contributed by atoms with van der Waals surface area (Å²) in [4.78, 5) is 7.41. The highest BCUT2D eigenvalue weighted by Gasteiger charge is 2.48. The molecule has 1 N–H and O–H groups in total. The first kappa shape index (κ1) is 16.0. The molecule has 2 aromatic carbocycles. The maximum atomic E-state index is 11.5. The molecule has 0 radical (unpaired) electrons.